The summed E-state index contributed by atoms with van der Waals surface area (Å²) in [5, 5.41) is 0. The second-order valence-corrected chi connectivity index (χ2v) is 7.47. The predicted molar refractivity (Wildman–Crippen MR) is 110 cm³/mol. The van der Waals surface area contributed by atoms with Crippen molar-refractivity contribution in [1.82, 2.24) is 0 Å². The molecule has 30 heavy (non-hydrogen) atoms. The number of carbonyl (C=O) groups excluding carboxylic acids is 4. The lowest BCUT2D eigenvalue weighted by atomic mass is 10.1. The molecule has 0 saturated carbocycles. The summed E-state index contributed by atoms with van der Waals surface area (Å²) < 4.78 is 5.47. The van der Waals surface area contributed by atoms with Crippen molar-refractivity contribution in [2.24, 2.45) is 5.92 Å². The first-order chi connectivity index (χ1) is 14.5. The molecule has 0 bridgehead atoms. The Hall–Kier alpha value is -3.48. The Morgan fingerprint density at radius 1 is 0.967 bits per heavy atom. The molecule has 2 aliphatic heterocycles. The molecular weight excluding hydrogens is 384 g/mol. The molecule has 0 aromatic heterocycles. The third-order valence-electron chi connectivity index (χ3n) is 5.46. The second kappa shape index (κ2) is 8.10. The van der Waals surface area contributed by atoms with Crippen molar-refractivity contribution < 1.29 is 23.9 Å². The summed E-state index contributed by atoms with van der Waals surface area (Å²) in [7, 11) is 0. The molecule has 154 valence electrons. The zero-order chi connectivity index (χ0) is 21.3. The summed E-state index contributed by atoms with van der Waals surface area (Å²) in [6, 6.07) is 14.1. The van der Waals surface area contributed by atoms with Gasteiger partial charge in [-0.15, -0.1) is 0 Å². The molecule has 0 spiro atoms. The molecular formula is C23H22N2O5. The highest BCUT2D eigenvalue weighted by molar-refractivity contribution is 6.19. The minimum absolute atomic E-state index is 0.0805. The van der Waals surface area contributed by atoms with Gasteiger partial charge in [0.2, 0.25) is 17.7 Å². The molecule has 0 N–H and O–H groups in total. The van der Waals surface area contributed by atoms with E-state index in [4.69, 9.17) is 4.74 Å². The molecule has 0 radical (unpaired) electrons. The first-order valence-electron chi connectivity index (χ1n) is 10.0. The summed E-state index contributed by atoms with van der Waals surface area (Å²) in [5.74, 6) is -1.51. The normalized spacial score (nSPS) is 19.0. The summed E-state index contributed by atoms with van der Waals surface area (Å²) in [6.07, 6.45) is 1.36. The molecule has 2 aromatic rings. The Labute approximate surface area is 174 Å². The average molecular weight is 406 g/mol. The van der Waals surface area contributed by atoms with Crippen LogP contribution in [0.1, 0.15) is 31.7 Å². The topological polar surface area (TPSA) is 84.0 Å². The number of esters is 1. The van der Waals surface area contributed by atoms with Crippen LogP contribution in [0.15, 0.2) is 48.5 Å². The molecule has 2 fully saturated rings. The van der Waals surface area contributed by atoms with Crippen molar-refractivity contribution >= 4 is 35.1 Å². The van der Waals surface area contributed by atoms with E-state index >= 15 is 0 Å². The smallest absolute Gasteiger partial charge is 0.316 e. The quantitative estimate of drug-likeness (QED) is 0.433. The minimum Gasteiger partial charge on any atom is -0.426 e. The van der Waals surface area contributed by atoms with E-state index in [1.54, 1.807) is 23.1 Å². The number of nitrogens with zero attached hydrogens (tertiary/aromatic N) is 2. The fraction of sp³-hybridized carbons (Fsp3) is 0.304. The van der Waals surface area contributed by atoms with Crippen LogP contribution in [0.5, 0.6) is 5.75 Å². The number of rotatable bonds is 5. The molecule has 4 rings (SSSR count). The number of hydrogen-bond donors (Lipinski definition) is 0. The third-order valence-corrected chi connectivity index (χ3v) is 5.46. The van der Waals surface area contributed by atoms with Gasteiger partial charge in [-0.3, -0.25) is 24.1 Å². The minimum atomic E-state index is -0.581. The van der Waals surface area contributed by atoms with Gasteiger partial charge in [0, 0.05) is 37.6 Å². The van der Waals surface area contributed by atoms with E-state index in [0.717, 1.165) is 17.0 Å². The zero-order valence-electron chi connectivity index (χ0n) is 16.7. The average Bonchev–Trinajstić information content (AvgIpc) is 3.30. The molecule has 0 aliphatic carbocycles. The number of ether oxygens (including phenoxy) is 1. The maximum atomic E-state index is 12.7. The van der Waals surface area contributed by atoms with Crippen molar-refractivity contribution in [3.63, 3.8) is 0 Å². The van der Waals surface area contributed by atoms with Gasteiger partial charge in [0.25, 0.3) is 0 Å². The number of hydrogen-bond acceptors (Lipinski definition) is 5. The summed E-state index contributed by atoms with van der Waals surface area (Å²) in [4.78, 5) is 51.7. The first-order valence-corrected chi connectivity index (χ1v) is 10.0. The van der Waals surface area contributed by atoms with Crippen molar-refractivity contribution in [2.45, 2.75) is 32.6 Å². The lowest BCUT2D eigenvalue weighted by Crippen LogP contribution is -2.29. The fourth-order valence-corrected chi connectivity index (χ4v) is 3.78. The van der Waals surface area contributed by atoms with E-state index in [-0.39, 0.29) is 49.3 Å². The van der Waals surface area contributed by atoms with Crippen LogP contribution < -0.4 is 14.5 Å². The van der Waals surface area contributed by atoms with Crippen LogP contribution in [0.25, 0.3) is 0 Å². The largest absolute Gasteiger partial charge is 0.426 e. The molecule has 0 unspecified atom stereocenters. The van der Waals surface area contributed by atoms with Gasteiger partial charge in [-0.05, 0) is 36.2 Å². The Kier molecular flexibility index (Phi) is 5.35. The maximum Gasteiger partial charge on any atom is 0.316 e. The van der Waals surface area contributed by atoms with Crippen molar-refractivity contribution in [2.75, 3.05) is 16.3 Å². The van der Waals surface area contributed by atoms with Crippen LogP contribution in [-0.2, 0) is 25.6 Å². The molecule has 3 amide bonds. The highest BCUT2D eigenvalue weighted by atomic mass is 16.5. The van der Waals surface area contributed by atoms with E-state index in [1.807, 2.05) is 24.3 Å². The SMILES string of the molecule is CCc1ccc(N2C[C@H](C(=O)Oc3cccc(N4C(=O)CCC4=O)c3)CC2=O)cc1. The lowest BCUT2D eigenvalue weighted by molar-refractivity contribution is -0.139. The summed E-state index contributed by atoms with van der Waals surface area (Å²) in [6.45, 7) is 2.32. The van der Waals surface area contributed by atoms with E-state index in [9.17, 15) is 19.2 Å². The number of anilines is 2. The van der Waals surface area contributed by atoms with Crippen molar-refractivity contribution in [3.05, 3.63) is 54.1 Å². The number of amides is 3. The Morgan fingerprint density at radius 3 is 2.33 bits per heavy atom. The zero-order valence-corrected chi connectivity index (χ0v) is 16.7. The van der Waals surface area contributed by atoms with Crippen LogP contribution in [0, 0.1) is 5.92 Å². The molecule has 7 heteroatoms. The number of carbonyl (C=O) groups is 4. The standard InChI is InChI=1S/C23H22N2O5/c1-2-15-6-8-17(9-7-15)24-14-16(12-22(24)28)23(29)30-19-5-3-4-18(13-19)25-20(26)10-11-21(25)27/h3-9,13,16H,2,10-12,14H2,1H3/t16-/m1/s1. The first kappa shape index (κ1) is 19.8. The van der Waals surface area contributed by atoms with Crippen LogP contribution in [0.2, 0.25) is 0 Å². The van der Waals surface area contributed by atoms with E-state index < -0.39 is 11.9 Å². The van der Waals surface area contributed by atoms with Crippen molar-refractivity contribution in [3.8, 4) is 5.75 Å². The Morgan fingerprint density at radius 2 is 1.67 bits per heavy atom. The molecule has 1 atom stereocenters. The van der Waals surface area contributed by atoms with Crippen LogP contribution in [-0.4, -0.2) is 30.2 Å². The van der Waals surface area contributed by atoms with Gasteiger partial charge in [-0.2, -0.15) is 0 Å². The van der Waals surface area contributed by atoms with E-state index in [0.29, 0.717) is 5.69 Å². The summed E-state index contributed by atoms with van der Waals surface area (Å²) in [5.41, 5.74) is 2.32. The highest BCUT2D eigenvalue weighted by Gasteiger charge is 2.36. The number of benzene rings is 2. The number of imide groups is 1. The second-order valence-electron chi connectivity index (χ2n) is 7.47. The van der Waals surface area contributed by atoms with Crippen LogP contribution in [0.4, 0.5) is 11.4 Å². The number of aryl methyl sites for hydroxylation is 1. The Bertz CT molecular complexity index is 999. The molecule has 7 nitrogen and oxygen atoms in total. The van der Waals surface area contributed by atoms with Crippen molar-refractivity contribution in [1.29, 1.82) is 0 Å². The summed E-state index contributed by atoms with van der Waals surface area (Å²) >= 11 is 0. The molecule has 2 aliphatic rings. The van der Waals surface area contributed by atoms with Gasteiger partial charge in [0.15, 0.2) is 0 Å². The fourth-order valence-electron chi connectivity index (χ4n) is 3.78. The van der Waals surface area contributed by atoms with Crippen LogP contribution >= 0.6 is 0 Å². The van der Waals surface area contributed by atoms with E-state index in [1.165, 1.54) is 11.6 Å². The van der Waals surface area contributed by atoms with Gasteiger partial charge in [0.1, 0.15) is 5.75 Å². The molecule has 2 heterocycles. The lowest BCUT2D eigenvalue weighted by Gasteiger charge is -2.17. The maximum absolute atomic E-state index is 12.7. The van der Waals surface area contributed by atoms with Gasteiger partial charge < -0.3 is 9.64 Å². The van der Waals surface area contributed by atoms with Gasteiger partial charge >= 0.3 is 5.97 Å². The van der Waals surface area contributed by atoms with Gasteiger partial charge in [-0.25, -0.2) is 0 Å². The molecule has 2 saturated heterocycles. The highest BCUT2D eigenvalue weighted by Crippen LogP contribution is 2.29. The predicted octanol–water partition coefficient (Wildman–Crippen LogP) is 2.86. The van der Waals surface area contributed by atoms with E-state index in [2.05, 4.69) is 6.92 Å². The monoisotopic (exact) mass is 406 g/mol. The third kappa shape index (κ3) is 3.83. The van der Waals surface area contributed by atoms with Gasteiger partial charge in [0.05, 0.1) is 11.6 Å². The van der Waals surface area contributed by atoms with Crippen LogP contribution in [0.3, 0.4) is 0 Å². The molecule has 2 aromatic carbocycles. The van der Waals surface area contributed by atoms with Gasteiger partial charge in [-0.1, -0.05) is 25.1 Å². The Balaban J connectivity index is 1.44.